The first-order valence-electron chi connectivity index (χ1n) is 9.02. The third-order valence-corrected chi connectivity index (χ3v) is 5.13. The minimum atomic E-state index is -0.698. The third-order valence-electron chi connectivity index (χ3n) is 4.90. The Kier molecular flexibility index (Phi) is 5.78. The van der Waals surface area contributed by atoms with Crippen LogP contribution in [0.5, 0.6) is 0 Å². The highest BCUT2D eigenvalue weighted by atomic mass is 35.5. The first-order valence-corrected chi connectivity index (χ1v) is 9.40. The molecule has 0 spiro atoms. The lowest BCUT2D eigenvalue weighted by Crippen LogP contribution is -3.16. The molecule has 0 radical (unpaired) electrons. The summed E-state index contributed by atoms with van der Waals surface area (Å²) in [7, 11) is 0. The Hall–Kier alpha value is -2.12. The van der Waals surface area contributed by atoms with Crippen LogP contribution in [0.25, 0.3) is 0 Å². The molecule has 1 aromatic carbocycles. The lowest BCUT2D eigenvalue weighted by atomic mass is 10.2. The normalized spacial score (nSPS) is 19.0. The monoisotopic (exact) mass is 379 g/mol. The number of unbranched alkanes of at least 4 members (excludes halogenated alkanes) is 1. The van der Waals surface area contributed by atoms with Crippen molar-refractivity contribution < 1.29 is 19.3 Å². The number of carbonyl (C=O) groups is 3. The van der Waals surface area contributed by atoms with E-state index in [0.717, 1.165) is 53.0 Å². The van der Waals surface area contributed by atoms with E-state index in [0.29, 0.717) is 18.0 Å². The average molecular weight is 380 g/mol. The van der Waals surface area contributed by atoms with Crippen molar-refractivity contribution in [2.75, 3.05) is 44.3 Å². The van der Waals surface area contributed by atoms with Crippen molar-refractivity contribution >= 4 is 35.1 Å². The molecule has 3 rings (SSSR count). The number of rotatable bonds is 6. The van der Waals surface area contributed by atoms with E-state index in [1.54, 1.807) is 0 Å². The standard InChI is InChI=1S/C18H23ClN4O3/c1-2-3-7-22-16(24)17(25)23(18(22)26)13-20-8-10-21(11-9-20)15-6-4-5-14(19)12-15/h4-6,12H,2-3,7-11,13H2,1H3/p+1. The quantitative estimate of drug-likeness (QED) is 0.580. The van der Waals surface area contributed by atoms with Crippen LogP contribution in [0.1, 0.15) is 19.8 Å². The third kappa shape index (κ3) is 3.83. The molecule has 2 saturated heterocycles. The molecule has 0 saturated carbocycles. The second kappa shape index (κ2) is 8.05. The Morgan fingerprint density at radius 2 is 1.77 bits per heavy atom. The van der Waals surface area contributed by atoms with Crippen LogP contribution in [0, 0.1) is 0 Å². The van der Waals surface area contributed by atoms with Gasteiger partial charge in [0.1, 0.15) is 0 Å². The van der Waals surface area contributed by atoms with Gasteiger partial charge in [-0.2, -0.15) is 0 Å². The van der Waals surface area contributed by atoms with Crippen LogP contribution < -0.4 is 9.80 Å². The second-order valence-corrected chi connectivity index (χ2v) is 7.14. The largest absolute Gasteiger partial charge is 0.360 e. The number of amides is 4. The zero-order valence-corrected chi connectivity index (χ0v) is 15.7. The van der Waals surface area contributed by atoms with Gasteiger partial charge in [-0.3, -0.25) is 14.5 Å². The molecule has 0 bridgehead atoms. The Bertz CT molecular complexity index is 703. The number of nitrogens with zero attached hydrogens (tertiary/aromatic N) is 3. The molecule has 1 aromatic rings. The summed E-state index contributed by atoms with van der Waals surface area (Å²) >= 11 is 6.05. The van der Waals surface area contributed by atoms with Gasteiger partial charge in [0.2, 0.25) is 0 Å². The van der Waals surface area contributed by atoms with Crippen LogP contribution in [-0.2, 0) is 9.59 Å². The molecular formula is C18H24ClN4O3+. The number of quaternary nitrogens is 1. The summed E-state index contributed by atoms with van der Waals surface area (Å²) in [5, 5.41) is 0.705. The molecule has 2 heterocycles. The summed E-state index contributed by atoms with van der Waals surface area (Å²) in [4.78, 5) is 42.1. The maximum atomic E-state index is 12.4. The topological polar surface area (TPSA) is 65.4 Å². The summed E-state index contributed by atoms with van der Waals surface area (Å²) in [6, 6.07) is 7.25. The van der Waals surface area contributed by atoms with Crippen molar-refractivity contribution in [2.45, 2.75) is 19.8 Å². The van der Waals surface area contributed by atoms with Gasteiger partial charge in [-0.25, -0.2) is 9.69 Å². The minimum Gasteiger partial charge on any atom is -0.360 e. The van der Waals surface area contributed by atoms with E-state index in [1.807, 2.05) is 31.2 Å². The van der Waals surface area contributed by atoms with Crippen LogP contribution in [0.2, 0.25) is 5.02 Å². The van der Waals surface area contributed by atoms with E-state index in [-0.39, 0.29) is 6.67 Å². The van der Waals surface area contributed by atoms with Gasteiger partial charge in [0.15, 0.2) is 6.67 Å². The lowest BCUT2D eigenvalue weighted by Gasteiger charge is -2.34. The number of imide groups is 2. The molecule has 8 heteroatoms. The second-order valence-electron chi connectivity index (χ2n) is 6.70. The number of anilines is 1. The van der Waals surface area contributed by atoms with E-state index in [9.17, 15) is 14.4 Å². The van der Waals surface area contributed by atoms with Crippen LogP contribution in [0.15, 0.2) is 24.3 Å². The Morgan fingerprint density at radius 1 is 1.08 bits per heavy atom. The van der Waals surface area contributed by atoms with Crippen LogP contribution in [0.4, 0.5) is 10.5 Å². The van der Waals surface area contributed by atoms with Gasteiger partial charge < -0.3 is 9.80 Å². The fourth-order valence-electron chi connectivity index (χ4n) is 3.34. The van der Waals surface area contributed by atoms with E-state index >= 15 is 0 Å². The molecule has 0 unspecified atom stereocenters. The smallest absolute Gasteiger partial charge is 0.338 e. The van der Waals surface area contributed by atoms with Gasteiger partial charge in [-0.05, 0) is 24.6 Å². The predicted octanol–water partition coefficient (Wildman–Crippen LogP) is 0.593. The van der Waals surface area contributed by atoms with Gasteiger partial charge in [0.25, 0.3) is 0 Å². The molecule has 0 atom stereocenters. The molecule has 2 aliphatic rings. The van der Waals surface area contributed by atoms with E-state index in [1.165, 1.54) is 0 Å². The van der Waals surface area contributed by atoms with Crippen molar-refractivity contribution in [3.05, 3.63) is 29.3 Å². The van der Waals surface area contributed by atoms with Gasteiger partial charge >= 0.3 is 17.8 Å². The van der Waals surface area contributed by atoms with Crippen LogP contribution in [-0.4, -0.2) is 67.0 Å². The molecule has 0 aliphatic carbocycles. The highest BCUT2D eigenvalue weighted by molar-refractivity contribution is 6.44. The van der Waals surface area contributed by atoms with Crippen molar-refractivity contribution in [1.82, 2.24) is 9.80 Å². The Morgan fingerprint density at radius 3 is 2.42 bits per heavy atom. The molecular weight excluding hydrogens is 356 g/mol. The molecule has 1 N–H and O–H groups in total. The van der Waals surface area contributed by atoms with E-state index < -0.39 is 17.8 Å². The maximum Gasteiger partial charge on any atom is 0.338 e. The molecule has 0 aromatic heterocycles. The van der Waals surface area contributed by atoms with E-state index in [2.05, 4.69) is 4.90 Å². The summed E-state index contributed by atoms with van der Waals surface area (Å²) < 4.78 is 0. The summed E-state index contributed by atoms with van der Waals surface area (Å²) in [6.45, 7) is 5.72. The first-order chi connectivity index (χ1) is 12.5. The molecule has 26 heavy (non-hydrogen) atoms. The van der Waals surface area contributed by atoms with Crippen molar-refractivity contribution in [2.24, 2.45) is 0 Å². The number of hydrogen-bond donors (Lipinski definition) is 1. The summed E-state index contributed by atoms with van der Waals surface area (Å²) in [5.41, 5.74) is 1.07. The zero-order valence-electron chi connectivity index (χ0n) is 14.9. The minimum absolute atomic E-state index is 0.245. The fourth-order valence-corrected chi connectivity index (χ4v) is 3.52. The fraction of sp³-hybridized carbons (Fsp3) is 0.500. The molecule has 2 fully saturated rings. The van der Waals surface area contributed by atoms with Gasteiger partial charge in [0.05, 0.1) is 26.2 Å². The summed E-state index contributed by atoms with van der Waals surface area (Å²) in [6.07, 6.45) is 1.58. The SMILES string of the molecule is CCCCN1C(=O)C(=O)N(C[NH+]2CCN(c3cccc(Cl)c3)CC2)C1=O. The highest BCUT2D eigenvalue weighted by Gasteiger charge is 2.45. The Balaban J connectivity index is 1.56. The number of nitrogens with one attached hydrogen (secondary N) is 1. The van der Waals surface area contributed by atoms with Gasteiger partial charge in [0, 0.05) is 17.3 Å². The lowest BCUT2D eigenvalue weighted by molar-refractivity contribution is -0.907. The number of piperazine rings is 1. The predicted molar refractivity (Wildman–Crippen MR) is 98.1 cm³/mol. The number of carbonyl (C=O) groups excluding carboxylic acids is 3. The molecule has 7 nitrogen and oxygen atoms in total. The summed E-state index contributed by atoms with van der Waals surface area (Å²) in [5.74, 6) is -1.39. The van der Waals surface area contributed by atoms with Crippen LogP contribution in [0.3, 0.4) is 0 Å². The number of benzene rings is 1. The van der Waals surface area contributed by atoms with E-state index in [4.69, 9.17) is 11.6 Å². The zero-order chi connectivity index (χ0) is 18.7. The molecule has 2 aliphatic heterocycles. The Labute approximate surface area is 158 Å². The number of urea groups is 1. The molecule has 140 valence electrons. The van der Waals surface area contributed by atoms with Crippen molar-refractivity contribution in [3.8, 4) is 0 Å². The maximum absolute atomic E-state index is 12.4. The van der Waals surface area contributed by atoms with Gasteiger partial charge in [-0.1, -0.05) is 31.0 Å². The number of hydrogen-bond acceptors (Lipinski definition) is 4. The van der Waals surface area contributed by atoms with Gasteiger partial charge in [-0.15, -0.1) is 0 Å². The molecule has 4 amide bonds. The highest BCUT2D eigenvalue weighted by Crippen LogP contribution is 2.19. The van der Waals surface area contributed by atoms with Crippen molar-refractivity contribution in [1.29, 1.82) is 0 Å². The van der Waals surface area contributed by atoms with Crippen LogP contribution >= 0.6 is 11.6 Å². The first kappa shape index (κ1) is 18.7. The van der Waals surface area contributed by atoms with Crippen molar-refractivity contribution in [3.63, 3.8) is 0 Å². The average Bonchev–Trinajstić information content (AvgIpc) is 2.84. The number of halogens is 1.